The molecule has 34 heavy (non-hydrogen) atoms. The van der Waals surface area contributed by atoms with E-state index < -0.39 is 15.8 Å². The summed E-state index contributed by atoms with van der Waals surface area (Å²) in [6.07, 6.45) is 3.39. The first-order valence-electron chi connectivity index (χ1n) is 11.1. The number of anilines is 1. The highest BCUT2D eigenvalue weighted by Crippen LogP contribution is 2.19. The summed E-state index contributed by atoms with van der Waals surface area (Å²) < 4.78 is 44.1. The van der Waals surface area contributed by atoms with Crippen LogP contribution < -0.4 is 15.7 Å². The summed E-state index contributed by atoms with van der Waals surface area (Å²) in [7, 11) is -3.89. The average Bonchev–Trinajstić information content (AvgIpc) is 3.14. The van der Waals surface area contributed by atoms with Gasteiger partial charge in [-0.15, -0.1) is 0 Å². The van der Waals surface area contributed by atoms with E-state index in [1.807, 2.05) is 0 Å². The second-order valence-electron chi connectivity index (χ2n) is 8.23. The Morgan fingerprint density at radius 1 is 1.15 bits per heavy atom. The lowest BCUT2D eigenvalue weighted by Gasteiger charge is -2.10. The van der Waals surface area contributed by atoms with Crippen molar-refractivity contribution in [3.63, 3.8) is 0 Å². The summed E-state index contributed by atoms with van der Waals surface area (Å²) in [6, 6.07) is 9.55. The SMILES string of the molecule is Cc1cc(S(=O)(=O)Nc2ccc(C(=O)NCCCn3nc4n(c3=O)CCCC4)cc2)ccc1F. The third kappa shape index (κ3) is 5.19. The molecule has 4 rings (SSSR count). The first-order valence-corrected chi connectivity index (χ1v) is 12.6. The third-order valence-electron chi connectivity index (χ3n) is 5.70. The fourth-order valence-electron chi connectivity index (χ4n) is 3.82. The van der Waals surface area contributed by atoms with Gasteiger partial charge in [0.15, 0.2) is 0 Å². The van der Waals surface area contributed by atoms with Crippen molar-refractivity contribution in [2.45, 2.75) is 50.6 Å². The molecule has 180 valence electrons. The molecule has 0 unspecified atom stereocenters. The molecular formula is C23H26FN5O4S. The van der Waals surface area contributed by atoms with E-state index in [9.17, 15) is 22.4 Å². The van der Waals surface area contributed by atoms with Gasteiger partial charge in [0.1, 0.15) is 11.6 Å². The van der Waals surface area contributed by atoms with Crippen molar-refractivity contribution >= 4 is 21.6 Å². The molecule has 11 heteroatoms. The number of rotatable bonds is 8. The molecule has 0 radical (unpaired) electrons. The quantitative estimate of drug-likeness (QED) is 0.474. The van der Waals surface area contributed by atoms with Crippen molar-refractivity contribution < 1.29 is 17.6 Å². The van der Waals surface area contributed by atoms with Gasteiger partial charge < -0.3 is 5.32 Å². The predicted molar refractivity (Wildman–Crippen MR) is 125 cm³/mol. The third-order valence-corrected chi connectivity index (χ3v) is 7.08. The Kier molecular flexibility index (Phi) is 6.82. The summed E-state index contributed by atoms with van der Waals surface area (Å²) >= 11 is 0. The summed E-state index contributed by atoms with van der Waals surface area (Å²) in [5, 5.41) is 7.17. The maximum atomic E-state index is 13.4. The van der Waals surface area contributed by atoms with Gasteiger partial charge >= 0.3 is 5.69 Å². The Morgan fingerprint density at radius 2 is 1.91 bits per heavy atom. The van der Waals surface area contributed by atoms with Crippen molar-refractivity contribution in [1.29, 1.82) is 0 Å². The number of sulfonamides is 1. The van der Waals surface area contributed by atoms with Crippen molar-refractivity contribution in [2.75, 3.05) is 11.3 Å². The minimum atomic E-state index is -3.89. The highest BCUT2D eigenvalue weighted by atomic mass is 32.2. The molecule has 0 spiro atoms. The van der Waals surface area contributed by atoms with Crippen LogP contribution in [0.15, 0.2) is 52.2 Å². The molecule has 0 saturated heterocycles. The fourth-order valence-corrected chi connectivity index (χ4v) is 4.96. The van der Waals surface area contributed by atoms with Gasteiger partial charge in [0, 0.05) is 37.3 Å². The highest BCUT2D eigenvalue weighted by Gasteiger charge is 2.17. The molecule has 2 N–H and O–H groups in total. The second-order valence-corrected chi connectivity index (χ2v) is 9.92. The Labute approximate surface area is 196 Å². The zero-order valence-electron chi connectivity index (χ0n) is 18.8. The number of hydrogen-bond acceptors (Lipinski definition) is 5. The topological polar surface area (TPSA) is 115 Å². The number of carbonyl (C=O) groups excluding carboxylic acids is 1. The van der Waals surface area contributed by atoms with Crippen LogP contribution in [-0.2, 0) is 29.5 Å². The zero-order valence-corrected chi connectivity index (χ0v) is 19.6. The Morgan fingerprint density at radius 3 is 2.62 bits per heavy atom. The normalized spacial score (nSPS) is 13.4. The van der Waals surface area contributed by atoms with Gasteiger partial charge in [-0.25, -0.2) is 22.3 Å². The van der Waals surface area contributed by atoms with Crippen LogP contribution in [0, 0.1) is 12.7 Å². The van der Waals surface area contributed by atoms with E-state index in [2.05, 4.69) is 15.1 Å². The lowest BCUT2D eigenvalue weighted by atomic mass is 10.2. The molecule has 2 heterocycles. The van der Waals surface area contributed by atoms with E-state index in [-0.39, 0.29) is 27.7 Å². The number of aromatic nitrogens is 3. The summed E-state index contributed by atoms with van der Waals surface area (Å²) in [5.74, 6) is 0.0380. The molecular weight excluding hydrogens is 461 g/mol. The van der Waals surface area contributed by atoms with E-state index in [4.69, 9.17) is 0 Å². The van der Waals surface area contributed by atoms with Gasteiger partial charge in [0.25, 0.3) is 15.9 Å². The summed E-state index contributed by atoms with van der Waals surface area (Å²) in [5.41, 5.74) is 0.777. The van der Waals surface area contributed by atoms with Gasteiger partial charge in [0.05, 0.1) is 4.90 Å². The van der Waals surface area contributed by atoms with E-state index >= 15 is 0 Å². The number of amides is 1. The molecule has 3 aromatic rings. The maximum absolute atomic E-state index is 13.4. The van der Waals surface area contributed by atoms with Crippen LogP contribution in [-0.4, -0.2) is 35.2 Å². The minimum Gasteiger partial charge on any atom is -0.352 e. The van der Waals surface area contributed by atoms with Crippen molar-refractivity contribution in [3.05, 3.63) is 75.7 Å². The van der Waals surface area contributed by atoms with Gasteiger partial charge in [-0.05, 0) is 74.2 Å². The molecule has 0 bridgehead atoms. The molecule has 0 fully saturated rings. The van der Waals surface area contributed by atoms with E-state index in [0.717, 1.165) is 31.2 Å². The first-order chi connectivity index (χ1) is 16.2. The van der Waals surface area contributed by atoms with Crippen LogP contribution in [0.5, 0.6) is 0 Å². The largest absolute Gasteiger partial charge is 0.352 e. The highest BCUT2D eigenvalue weighted by molar-refractivity contribution is 7.92. The fraction of sp³-hybridized carbons (Fsp3) is 0.348. The number of halogens is 1. The second kappa shape index (κ2) is 9.80. The van der Waals surface area contributed by atoms with Crippen LogP contribution in [0.3, 0.4) is 0 Å². The van der Waals surface area contributed by atoms with Gasteiger partial charge in [0.2, 0.25) is 0 Å². The molecule has 9 nitrogen and oxygen atoms in total. The number of carbonyl (C=O) groups is 1. The average molecular weight is 488 g/mol. The van der Waals surface area contributed by atoms with Crippen molar-refractivity contribution in [1.82, 2.24) is 19.7 Å². The van der Waals surface area contributed by atoms with E-state index in [0.29, 0.717) is 31.6 Å². The molecule has 1 aliphatic heterocycles. The lowest BCUT2D eigenvalue weighted by Crippen LogP contribution is -2.29. The van der Waals surface area contributed by atoms with Crippen molar-refractivity contribution in [2.24, 2.45) is 0 Å². The smallest absolute Gasteiger partial charge is 0.345 e. The van der Waals surface area contributed by atoms with Gasteiger partial charge in [-0.3, -0.25) is 14.1 Å². The molecule has 1 aromatic heterocycles. The molecule has 0 saturated carbocycles. The molecule has 1 aliphatic rings. The van der Waals surface area contributed by atoms with E-state index in [1.54, 1.807) is 4.57 Å². The van der Waals surface area contributed by atoms with Gasteiger partial charge in [-0.2, -0.15) is 5.10 Å². The number of nitrogens with one attached hydrogen (secondary N) is 2. The molecule has 0 aliphatic carbocycles. The monoisotopic (exact) mass is 487 g/mol. The van der Waals surface area contributed by atoms with Crippen LogP contribution >= 0.6 is 0 Å². The molecule has 2 aromatic carbocycles. The Hall–Kier alpha value is -3.47. The Balaban J connectivity index is 1.29. The standard InChI is InChI=1S/C23H26FN5O4S/c1-16-15-19(10-11-20(16)24)34(32,33)27-18-8-6-17(7-9-18)22(30)25-12-4-14-29-23(31)28-13-3-2-5-21(28)26-29/h6-11,15,27H,2-5,12-14H2,1H3,(H,25,30). The number of aryl methyl sites for hydroxylation is 3. The predicted octanol–water partition coefficient (Wildman–Crippen LogP) is 2.45. The van der Waals surface area contributed by atoms with Crippen LogP contribution in [0.2, 0.25) is 0 Å². The van der Waals surface area contributed by atoms with Crippen LogP contribution in [0.25, 0.3) is 0 Å². The minimum absolute atomic E-state index is 0.0501. The lowest BCUT2D eigenvalue weighted by molar-refractivity contribution is 0.0952. The van der Waals surface area contributed by atoms with Crippen LogP contribution in [0.4, 0.5) is 10.1 Å². The summed E-state index contributed by atoms with van der Waals surface area (Å²) in [4.78, 5) is 24.7. The molecule has 1 amide bonds. The summed E-state index contributed by atoms with van der Waals surface area (Å²) in [6.45, 7) is 2.98. The number of nitrogens with zero attached hydrogens (tertiary/aromatic N) is 3. The first kappa shape index (κ1) is 23.7. The Bertz CT molecular complexity index is 1360. The maximum Gasteiger partial charge on any atom is 0.345 e. The van der Waals surface area contributed by atoms with Crippen LogP contribution in [0.1, 0.15) is 41.0 Å². The number of benzene rings is 2. The zero-order chi connectivity index (χ0) is 24.3. The number of hydrogen-bond donors (Lipinski definition) is 2. The van der Waals surface area contributed by atoms with Crippen molar-refractivity contribution in [3.8, 4) is 0 Å². The number of fused-ring (bicyclic) bond motifs is 1. The molecule has 0 atom stereocenters. The van der Waals surface area contributed by atoms with Gasteiger partial charge in [-0.1, -0.05) is 0 Å². The van der Waals surface area contributed by atoms with E-state index in [1.165, 1.54) is 48.0 Å².